The minimum absolute atomic E-state index is 0.392. The summed E-state index contributed by atoms with van der Waals surface area (Å²) in [5.41, 5.74) is 1.34. The summed E-state index contributed by atoms with van der Waals surface area (Å²) in [4.78, 5) is 17.5. The van der Waals surface area contributed by atoms with Gasteiger partial charge in [-0.15, -0.1) is 0 Å². The molecule has 0 radical (unpaired) electrons. The van der Waals surface area contributed by atoms with Crippen molar-refractivity contribution in [3.8, 4) is 5.75 Å². The number of benzene rings is 1. The maximum Gasteiger partial charge on any atom is 0.222 e. The summed E-state index contributed by atoms with van der Waals surface area (Å²) in [6, 6.07) is 8.40. The van der Waals surface area contributed by atoms with Crippen molar-refractivity contribution in [1.29, 1.82) is 0 Å². The second-order valence-corrected chi connectivity index (χ2v) is 8.70. The van der Waals surface area contributed by atoms with E-state index in [1.54, 1.807) is 7.11 Å². The molecule has 4 nitrogen and oxygen atoms in total. The molecule has 1 aliphatic heterocycles. The Hall–Kier alpha value is -1.55. The van der Waals surface area contributed by atoms with E-state index in [-0.39, 0.29) is 0 Å². The highest BCUT2D eigenvalue weighted by Crippen LogP contribution is 2.28. The third kappa shape index (κ3) is 6.23. The SMILES string of the molecule is CCN(C[C@H]1CCCN(CCc2cccc(OC)c2)C1)C(=O)CC1CCCC1. The highest BCUT2D eigenvalue weighted by molar-refractivity contribution is 5.76. The highest BCUT2D eigenvalue weighted by Gasteiger charge is 2.26. The van der Waals surface area contributed by atoms with E-state index < -0.39 is 0 Å². The fourth-order valence-electron chi connectivity index (χ4n) is 4.93. The molecule has 1 amide bonds. The molecule has 4 heteroatoms. The van der Waals surface area contributed by atoms with Crippen LogP contribution >= 0.6 is 0 Å². The number of likely N-dealkylation sites (tertiary alicyclic amines) is 1. The number of carbonyl (C=O) groups excluding carboxylic acids is 1. The van der Waals surface area contributed by atoms with Gasteiger partial charge in [0.2, 0.25) is 5.91 Å². The molecular formula is C24H38N2O2. The Labute approximate surface area is 171 Å². The first-order chi connectivity index (χ1) is 13.7. The second-order valence-electron chi connectivity index (χ2n) is 8.70. The van der Waals surface area contributed by atoms with Crippen LogP contribution in [0.25, 0.3) is 0 Å². The Balaban J connectivity index is 1.45. The number of carbonyl (C=O) groups is 1. The van der Waals surface area contributed by atoms with Crippen molar-refractivity contribution in [1.82, 2.24) is 9.80 Å². The Kier molecular flexibility index (Phi) is 8.20. The second kappa shape index (κ2) is 10.8. The van der Waals surface area contributed by atoms with Crippen LogP contribution in [-0.4, -0.2) is 55.5 Å². The van der Waals surface area contributed by atoms with Gasteiger partial charge in [0.1, 0.15) is 5.75 Å². The van der Waals surface area contributed by atoms with Gasteiger partial charge in [0.05, 0.1) is 7.11 Å². The molecule has 0 spiro atoms. The van der Waals surface area contributed by atoms with Gasteiger partial charge in [-0.3, -0.25) is 4.79 Å². The van der Waals surface area contributed by atoms with Crippen LogP contribution in [0.3, 0.4) is 0 Å². The first-order valence-corrected chi connectivity index (χ1v) is 11.3. The molecule has 1 aromatic rings. The number of piperidine rings is 1. The summed E-state index contributed by atoms with van der Waals surface area (Å²) in [5, 5.41) is 0. The molecule has 3 rings (SSSR count). The molecule has 1 aliphatic carbocycles. The lowest BCUT2D eigenvalue weighted by Crippen LogP contribution is -2.43. The van der Waals surface area contributed by atoms with Crippen LogP contribution in [0.2, 0.25) is 0 Å². The van der Waals surface area contributed by atoms with Crippen molar-refractivity contribution in [2.75, 3.05) is 39.8 Å². The van der Waals surface area contributed by atoms with Gasteiger partial charge in [0, 0.05) is 32.6 Å². The zero-order valence-corrected chi connectivity index (χ0v) is 17.9. The maximum absolute atomic E-state index is 12.8. The molecule has 1 saturated heterocycles. The van der Waals surface area contributed by atoms with Crippen molar-refractivity contribution in [3.05, 3.63) is 29.8 Å². The largest absolute Gasteiger partial charge is 0.497 e. The van der Waals surface area contributed by atoms with Crippen LogP contribution in [0.5, 0.6) is 5.75 Å². The van der Waals surface area contributed by atoms with E-state index >= 15 is 0 Å². The van der Waals surface area contributed by atoms with E-state index in [9.17, 15) is 4.79 Å². The van der Waals surface area contributed by atoms with Gasteiger partial charge in [-0.1, -0.05) is 25.0 Å². The molecular weight excluding hydrogens is 348 g/mol. The molecule has 1 aromatic carbocycles. The third-order valence-electron chi connectivity index (χ3n) is 6.61. The lowest BCUT2D eigenvalue weighted by molar-refractivity contribution is -0.132. The number of ether oxygens (including phenoxy) is 1. The van der Waals surface area contributed by atoms with E-state index in [4.69, 9.17) is 4.74 Å². The lowest BCUT2D eigenvalue weighted by Gasteiger charge is -2.35. The highest BCUT2D eigenvalue weighted by atomic mass is 16.5. The number of nitrogens with zero attached hydrogens (tertiary/aromatic N) is 2. The third-order valence-corrected chi connectivity index (χ3v) is 6.61. The lowest BCUT2D eigenvalue weighted by atomic mass is 9.96. The van der Waals surface area contributed by atoms with Crippen LogP contribution in [0.4, 0.5) is 0 Å². The molecule has 0 unspecified atom stereocenters. The van der Waals surface area contributed by atoms with Gasteiger partial charge in [-0.2, -0.15) is 0 Å². The molecule has 1 heterocycles. The zero-order valence-electron chi connectivity index (χ0n) is 17.9. The van der Waals surface area contributed by atoms with E-state index in [1.807, 2.05) is 6.07 Å². The van der Waals surface area contributed by atoms with Gasteiger partial charge >= 0.3 is 0 Å². The average molecular weight is 387 g/mol. The van der Waals surface area contributed by atoms with E-state index in [0.29, 0.717) is 17.7 Å². The van der Waals surface area contributed by atoms with Crippen molar-refractivity contribution < 1.29 is 9.53 Å². The number of amides is 1. The summed E-state index contributed by atoms with van der Waals surface area (Å²) < 4.78 is 5.34. The molecule has 156 valence electrons. The van der Waals surface area contributed by atoms with Crippen LogP contribution in [0, 0.1) is 11.8 Å². The quantitative estimate of drug-likeness (QED) is 0.631. The minimum atomic E-state index is 0.392. The van der Waals surface area contributed by atoms with Gasteiger partial charge < -0.3 is 14.5 Å². The van der Waals surface area contributed by atoms with E-state index in [2.05, 4.69) is 34.9 Å². The summed E-state index contributed by atoms with van der Waals surface area (Å²) in [5.74, 6) is 2.59. The predicted octanol–water partition coefficient (Wildman–Crippen LogP) is 4.38. The molecule has 1 saturated carbocycles. The van der Waals surface area contributed by atoms with Crippen LogP contribution in [0.15, 0.2) is 24.3 Å². The van der Waals surface area contributed by atoms with Gasteiger partial charge in [-0.25, -0.2) is 0 Å². The summed E-state index contributed by atoms with van der Waals surface area (Å²) in [7, 11) is 1.72. The summed E-state index contributed by atoms with van der Waals surface area (Å²) in [6.07, 6.45) is 9.47. The number of rotatable bonds is 9. The zero-order chi connectivity index (χ0) is 19.8. The fourth-order valence-corrected chi connectivity index (χ4v) is 4.93. The number of hydrogen-bond donors (Lipinski definition) is 0. The first-order valence-electron chi connectivity index (χ1n) is 11.3. The molecule has 0 N–H and O–H groups in total. The van der Waals surface area contributed by atoms with Crippen LogP contribution in [0.1, 0.15) is 57.4 Å². The van der Waals surface area contributed by atoms with E-state index in [1.165, 1.54) is 50.6 Å². The maximum atomic E-state index is 12.8. The summed E-state index contributed by atoms with van der Waals surface area (Å²) in [6.45, 7) is 7.32. The Bertz CT molecular complexity index is 612. The fraction of sp³-hybridized carbons (Fsp3) is 0.708. The normalized spacial score (nSPS) is 21.0. The van der Waals surface area contributed by atoms with Crippen molar-refractivity contribution in [2.45, 2.75) is 58.3 Å². The molecule has 28 heavy (non-hydrogen) atoms. The van der Waals surface area contributed by atoms with Crippen molar-refractivity contribution in [2.24, 2.45) is 11.8 Å². The van der Waals surface area contributed by atoms with E-state index in [0.717, 1.165) is 44.8 Å². The smallest absolute Gasteiger partial charge is 0.222 e. The molecule has 0 aromatic heterocycles. The van der Waals surface area contributed by atoms with Gasteiger partial charge in [0.15, 0.2) is 0 Å². The van der Waals surface area contributed by atoms with Gasteiger partial charge in [-0.05, 0) is 75.1 Å². The van der Waals surface area contributed by atoms with Crippen molar-refractivity contribution in [3.63, 3.8) is 0 Å². The Morgan fingerprint density at radius 3 is 2.71 bits per heavy atom. The Morgan fingerprint density at radius 1 is 1.18 bits per heavy atom. The molecule has 0 bridgehead atoms. The standard InChI is InChI=1S/C24H38N2O2/c1-3-26(24(27)17-20-8-4-5-9-20)19-22-11-7-14-25(18-22)15-13-21-10-6-12-23(16-21)28-2/h6,10,12,16,20,22H,3-5,7-9,11,13-15,17-19H2,1-2H3/t22-/m0/s1. The summed E-state index contributed by atoms with van der Waals surface area (Å²) >= 11 is 0. The molecule has 2 fully saturated rings. The minimum Gasteiger partial charge on any atom is -0.497 e. The monoisotopic (exact) mass is 386 g/mol. The topological polar surface area (TPSA) is 32.8 Å². The van der Waals surface area contributed by atoms with Gasteiger partial charge in [0.25, 0.3) is 0 Å². The van der Waals surface area contributed by atoms with Crippen LogP contribution < -0.4 is 4.74 Å². The average Bonchev–Trinajstić information content (AvgIpc) is 3.24. The number of methoxy groups -OCH3 is 1. The predicted molar refractivity (Wildman–Crippen MR) is 115 cm³/mol. The van der Waals surface area contributed by atoms with Crippen molar-refractivity contribution >= 4 is 5.91 Å². The molecule has 2 aliphatic rings. The molecule has 1 atom stereocenters. The first kappa shape index (κ1) is 21.2. The van der Waals surface area contributed by atoms with Crippen LogP contribution in [-0.2, 0) is 11.2 Å². The number of hydrogen-bond acceptors (Lipinski definition) is 3. The Morgan fingerprint density at radius 2 is 1.96 bits per heavy atom.